The Labute approximate surface area is 160 Å². The topological polar surface area (TPSA) is 67.4 Å². The van der Waals surface area contributed by atoms with E-state index in [0.29, 0.717) is 6.42 Å². The molecule has 0 bridgehead atoms. The second kappa shape index (κ2) is 7.64. The fourth-order valence-corrected chi connectivity index (χ4v) is 3.93. The van der Waals surface area contributed by atoms with Crippen molar-refractivity contribution in [2.45, 2.75) is 33.1 Å². The molecule has 6 heteroatoms. The zero-order valence-electron chi connectivity index (χ0n) is 16.0. The number of hydrogen-bond acceptors (Lipinski definition) is 5. The Morgan fingerprint density at radius 1 is 1.19 bits per heavy atom. The number of carbonyl (C=O) groups is 1. The Kier molecular flexibility index (Phi) is 5.07. The highest BCUT2D eigenvalue weighted by molar-refractivity contribution is 5.93. The molecule has 1 aromatic carbocycles. The minimum atomic E-state index is -0.0313. The molecule has 1 N–H and O–H groups in total. The molecule has 1 fully saturated rings. The lowest BCUT2D eigenvalue weighted by atomic mass is 9.86. The van der Waals surface area contributed by atoms with Crippen LogP contribution in [0, 0.1) is 19.8 Å². The molecule has 142 valence electrons. The molecule has 1 amide bonds. The molecule has 27 heavy (non-hydrogen) atoms. The van der Waals surface area contributed by atoms with Crippen molar-refractivity contribution in [3.05, 3.63) is 46.8 Å². The molecule has 1 aliphatic carbocycles. The predicted molar refractivity (Wildman–Crippen MR) is 105 cm³/mol. The Balaban J connectivity index is 1.44. The lowest BCUT2D eigenvalue weighted by Gasteiger charge is -2.28. The van der Waals surface area contributed by atoms with Crippen LogP contribution in [-0.2, 0) is 22.4 Å². The predicted octanol–water partition coefficient (Wildman–Crippen LogP) is 2.67. The minimum absolute atomic E-state index is 0.0313. The molecule has 0 unspecified atom stereocenters. The van der Waals surface area contributed by atoms with Crippen LogP contribution in [0.25, 0.3) is 0 Å². The van der Waals surface area contributed by atoms with E-state index in [4.69, 9.17) is 9.72 Å². The summed E-state index contributed by atoms with van der Waals surface area (Å²) in [6.45, 7) is 7.20. The van der Waals surface area contributed by atoms with E-state index < -0.39 is 0 Å². The van der Waals surface area contributed by atoms with E-state index in [2.05, 4.69) is 21.3 Å². The normalized spacial score (nSPS) is 19.5. The van der Waals surface area contributed by atoms with Crippen molar-refractivity contribution in [1.29, 1.82) is 0 Å². The lowest BCUT2D eigenvalue weighted by molar-refractivity contribution is -0.120. The van der Waals surface area contributed by atoms with Gasteiger partial charge < -0.3 is 15.0 Å². The standard InChI is InChI=1S/C21H26N4O2/c1-14-9-15(2)11-18(10-14)23-20(26)16-3-4-19-17(12-16)13-22-21(24-19)25-5-7-27-8-6-25/h9-11,13,16H,3-8,12H2,1-2H3,(H,23,26)/t16-/m0/s1. The van der Waals surface area contributed by atoms with Gasteiger partial charge in [-0.25, -0.2) is 9.97 Å². The quantitative estimate of drug-likeness (QED) is 0.905. The van der Waals surface area contributed by atoms with Crippen molar-refractivity contribution in [2.24, 2.45) is 5.92 Å². The first-order valence-electron chi connectivity index (χ1n) is 9.65. The van der Waals surface area contributed by atoms with E-state index in [1.165, 1.54) is 0 Å². The molecular weight excluding hydrogens is 340 g/mol. The number of benzene rings is 1. The fourth-order valence-electron chi connectivity index (χ4n) is 3.93. The number of nitrogens with zero attached hydrogens (tertiary/aromatic N) is 3. The van der Waals surface area contributed by atoms with Crippen molar-refractivity contribution in [3.8, 4) is 0 Å². The van der Waals surface area contributed by atoms with Gasteiger partial charge in [0.25, 0.3) is 0 Å². The molecule has 1 atom stereocenters. The zero-order chi connectivity index (χ0) is 18.8. The lowest BCUT2D eigenvalue weighted by Crippen LogP contribution is -2.38. The minimum Gasteiger partial charge on any atom is -0.378 e. The van der Waals surface area contributed by atoms with Crippen LogP contribution in [0.15, 0.2) is 24.4 Å². The number of aromatic nitrogens is 2. The fraction of sp³-hybridized carbons (Fsp3) is 0.476. The summed E-state index contributed by atoms with van der Waals surface area (Å²) in [5.74, 6) is 0.842. The number of rotatable bonds is 3. The third-order valence-electron chi connectivity index (χ3n) is 5.29. The number of fused-ring (bicyclic) bond motifs is 1. The maximum absolute atomic E-state index is 12.7. The molecule has 6 nitrogen and oxygen atoms in total. The van der Waals surface area contributed by atoms with Crippen molar-refractivity contribution in [3.63, 3.8) is 0 Å². The molecular formula is C21H26N4O2. The van der Waals surface area contributed by atoms with E-state index in [-0.39, 0.29) is 11.8 Å². The summed E-state index contributed by atoms with van der Waals surface area (Å²) in [6, 6.07) is 6.13. The van der Waals surface area contributed by atoms with Gasteiger partial charge in [-0.15, -0.1) is 0 Å². The van der Waals surface area contributed by atoms with Gasteiger partial charge in [-0.1, -0.05) is 6.07 Å². The van der Waals surface area contributed by atoms with Gasteiger partial charge in [0, 0.05) is 36.6 Å². The number of hydrogen-bond donors (Lipinski definition) is 1. The highest BCUT2D eigenvalue weighted by atomic mass is 16.5. The number of carbonyl (C=O) groups excluding carboxylic acids is 1. The van der Waals surface area contributed by atoms with Crippen LogP contribution in [-0.4, -0.2) is 42.2 Å². The van der Waals surface area contributed by atoms with E-state index in [9.17, 15) is 4.79 Å². The molecule has 1 aromatic heterocycles. The van der Waals surface area contributed by atoms with Gasteiger partial charge in [0.1, 0.15) is 0 Å². The maximum atomic E-state index is 12.7. The summed E-state index contributed by atoms with van der Waals surface area (Å²) in [5.41, 5.74) is 5.37. The Morgan fingerprint density at radius 2 is 1.93 bits per heavy atom. The highest BCUT2D eigenvalue weighted by Gasteiger charge is 2.27. The molecule has 1 aliphatic heterocycles. The summed E-state index contributed by atoms with van der Waals surface area (Å²) < 4.78 is 5.40. The van der Waals surface area contributed by atoms with E-state index in [1.807, 2.05) is 32.2 Å². The van der Waals surface area contributed by atoms with Crippen molar-refractivity contribution in [2.75, 3.05) is 36.5 Å². The zero-order valence-corrected chi connectivity index (χ0v) is 16.0. The number of anilines is 2. The Hall–Kier alpha value is -2.47. The van der Waals surface area contributed by atoms with E-state index >= 15 is 0 Å². The number of ether oxygens (including phenoxy) is 1. The van der Waals surface area contributed by atoms with Crippen LogP contribution in [0.5, 0.6) is 0 Å². The summed E-state index contributed by atoms with van der Waals surface area (Å²) in [7, 11) is 0. The van der Waals surface area contributed by atoms with Crippen LogP contribution in [0.4, 0.5) is 11.6 Å². The second-order valence-corrected chi connectivity index (χ2v) is 7.55. The third kappa shape index (κ3) is 4.11. The molecule has 1 saturated heterocycles. The first-order chi connectivity index (χ1) is 13.1. The van der Waals surface area contributed by atoms with Gasteiger partial charge >= 0.3 is 0 Å². The van der Waals surface area contributed by atoms with Gasteiger partial charge in [-0.2, -0.15) is 0 Å². The third-order valence-corrected chi connectivity index (χ3v) is 5.29. The van der Waals surface area contributed by atoms with E-state index in [1.54, 1.807) is 0 Å². The van der Waals surface area contributed by atoms with Crippen LogP contribution < -0.4 is 10.2 Å². The smallest absolute Gasteiger partial charge is 0.227 e. The Morgan fingerprint density at radius 3 is 2.67 bits per heavy atom. The van der Waals surface area contributed by atoms with Gasteiger partial charge in [0.05, 0.1) is 13.2 Å². The van der Waals surface area contributed by atoms with Crippen molar-refractivity contribution < 1.29 is 9.53 Å². The largest absolute Gasteiger partial charge is 0.378 e. The molecule has 2 aliphatic rings. The van der Waals surface area contributed by atoms with Gasteiger partial charge in [-0.3, -0.25) is 4.79 Å². The summed E-state index contributed by atoms with van der Waals surface area (Å²) in [4.78, 5) is 24.2. The van der Waals surface area contributed by atoms with Crippen LogP contribution >= 0.6 is 0 Å². The molecule has 2 aromatic rings. The average Bonchev–Trinajstić information content (AvgIpc) is 2.67. The van der Waals surface area contributed by atoms with Crippen LogP contribution in [0.2, 0.25) is 0 Å². The molecule has 2 heterocycles. The summed E-state index contributed by atoms with van der Waals surface area (Å²) >= 11 is 0. The maximum Gasteiger partial charge on any atom is 0.227 e. The second-order valence-electron chi connectivity index (χ2n) is 7.55. The van der Waals surface area contributed by atoms with E-state index in [0.717, 1.165) is 73.2 Å². The van der Waals surface area contributed by atoms with Gasteiger partial charge in [-0.05, 0) is 61.9 Å². The summed E-state index contributed by atoms with van der Waals surface area (Å²) in [6.07, 6.45) is 4.25. The van der Waals surface area contributed by atoms with Crippen molar-refractivity contribution in [1.82, 2.24) is 9.97 Å². The molecule has 0 spiro atoms. The van der Waals surface area contributed by atoms with Crippen molar-refractivity contribution >= 4 is 17.5 Å². The monoisotopic (exact) mass is 366 g/mol. The highest BCUT2D eigenvalue weighted by Crippen LogP contribution is 2.27. The summed E-state index contributed by atoms with van der Waals surface area (Å²) in [5, 5.41) is 3.09. The van der Waals surface area contributed by atoms with Gasteiger partial charge in [0.2, 0.25) is 11.9 Å². The van der Waals surface area contributed by atoms with Crippen LogP contribution in [0.3, 0.4) is 0 Å². The first-order valence-corrected chi connectivity index (χ1v) is 9.65. The van der Waals surface area contributed by atoms with Crippen LogP contribution in [0.1, 0.15) is 28.8 Å². The molecule has 0 radical (unpaired) electrons. The number of aryl methyl sites for hydroxylation is 3. The number of amides is 1. The average molecular weight is 366 g/mol. The Bertz CT molecular complexity index is 826. The molecule has 4 rings (SSSR count). The number of nitrogens with one attached hydrogen (secondary N) is 1. The van der Waals surface area contributed by atoms with Gasteiger partial charge in [0.15, 0.2) is 0 Å². The number of morpholine rings is 1. The molecule has 0 saturated carbocycles. The SMILES string of the molecule is Cc1cc(C)cc(NC(=O)[C@H]2CCc3nc(N4CCOCC4)ncc3C2)c1. The first kappa shape index (κ1) is 17.9.